The summed E-state index contributed by atoms with van der Waals surface area (Å²) in [5.74, 6) is 0. The van der Waals surface area contributed by atoms with Crippen LogP contribution in [0.1, 0.15) is 22.3 Å². The summed E-state index contributed by atoms with van der Waals surface area (Å²) in [6, 6.07) is 78.1. The van der Waals surface area contributed by atoms with E-state index in [1.807, 2.05) is 11.8 Å². The fourth-order valence-corrected chi connectivity index (χ4v) is 10.3. The summed E-state index contributed by atoms with van der Waals surface area (Å²) < 4.78 is 0. The Kier molecular flexibility index (Phi) is 7.40. The summed E-state index contributed by atoms with van der Waals surface area (Å²) in [6.07, 6.45) is 0. The maximum Gasteiger partial charge on any atom is 0.0735 e. The predicted octanol–water partition coefficient (Wildman–Crippen LogP) is 14.5. The van der Waals surface area contributed by atoms with Crippen LogP contribution in [0.3, 0.4) is 0 Å². The summed E-state index contributed by atoms with van der Waals surface area (Å²) in [6.45, 7) is 0. The predicted molar refractivity (Wildman–Crippen MR) is 231 cm³/mol. The lowest BCUT2D eigenvalue weighted by Crippen LogP contribution is -2.31. The fraction of sp³-hybridized carbons (Fsp3) is 0.0189. The highest BCUT2D eigenvalue weighted by Gasteiger charge is 2.50. The van der Waals surface area contributed by atoms with Gasteiger partial charge in [0.25, 0.3) is 0 Å². The molecule has 258 valence electrons. The molecule has 9 aromatic carbocycles. The molecular weight excluding hydrogens is 683 g/mol. The van der Waals surface area contributed by atoms with E-state index in [2.05, 4.69) is 217 Å². The van der Waals surface area contributed by atoms with Gasteiger partial charge in [-0.1, -0.05) is 169 Å². The molecule has 0 N–H and O–H groups in total. The first kappa shape index (κ1) is 31.9. The zero-order chi connectivity index (χ0) is 36.3. The summed E-state index contributed by atoms with van der Waals surface area (Å²) in [7, 11) is 0. The number of benzene rings is 9. The van der Waals surface area contributed by atoms with Gasteiger partial charge in [-0.3, -0.25) is 0 Å². The molecule has 1 nitrogen and oxygen atoms in total. The van der Waals surface area contributed by atoms with Crippen LogP contribution in [-0.2, 0) is 5.41 Å². The van der Waals surface area contributed by atoms with Crippen molar-refractivity contribution < 1.29 is 0 Å². The molecule has 55 heavy (non-hydrogen) atoms. The van der Waals surface area contributed by atoms with Crippen molar-refractivity contribution in [1.29, 1.82) is 0 Å². The Hall–Kier alpha value is -6.61. The minimum Gasteiger partial charge on any atom is -0.310 e. The van der Waals surface area contributed by atoms with Gasteiger partial charge in [-0.15, -0.1) is 0 Å². The van der Waals surface area contributed by atoms with Crippen molar-refractivity contribution in [1.82, 2.24) is 0 Å². The highest BCUT2D eigenvalue weighted by molar-refractivity contribution is 7.99. The quantitative estimate of drug-likeness (QED) is 0.174. The van der Waals surface area contributed by atoms with Crippen molar-refractivity contribution >= 4 is 39.6 Å². The molecule has 9 aromatic rings. The van der Waals surface area contributed by atoms with Crippen LogP contribution in [0.5, 0.6) is 0 Å². The maximum absolute atomic E-state index is 2.48. The lowest BCUT2D eigenvalue weighted by atomic mass is 9.67. The van der Waals surface area contributed by atoms with Crippen LogP contribution in [0.4, 0.5) is 17.1 Å². The molecular formula is C53H35NS. The Bertz CT molecular complexity index is 2750. The van der Waals surface area contributed by atoms with Crippen molar-refractivity contribution in [3.63, 3.8) is 0 Å². The largest absolute Gasteiger partial charge is 0.310 e. The molecule has 0 radical (unpaired) electrons. The van der Waals surface area contributed by atoms with Crippen molar-refractivity contribution in [2.75, 3.05) is 4.90 Å². The molecule has 2 heteroatoms. The Morgan fingerprint density at radius 3 is 1.36 bits per heavy atom. The monoisotopic (exact) mass is 717 g/mol. The van der Waals surface area contributed by atoms with Gasteiger partial charge in [-0.2, -0.15) is 0 Å². The number of anilines is 3. The highest BCUT2D eigenvalue weighted by atomic mass is 32.2. The first-order valence-electron chi connectivity index (χ1n) is 18.9. The number of hydrogen-bond donors (Lipinski definition) is 0. The second-order valence-electron chi connectivity index (χ2n) is 14.5. The molecule has 11 rings (SSSR count). The van der Waals surface area contributed by atoms with Gasteiger partial charge in [0.05, 0.1) is 5.41 Å². The van der Waals surface area contributed by atoms with Crippen molar-refractivity contribution in [3.8, 4) is 33.4 Å². The SMILES string of the molecule is c1ccc(-c2ccc(N(c3ccc(-c4ccccc4)cc3)c3ccc4cc5c(cc4c3)Sc3ccccc3C53c4ccccc4-c4ccccc43)cc2)cc1. The molecule has 2 aliphatic rings. The number of nitrogens with zero attached hydrogens (tertiary/aromatic N) is 1. The fourth-order valence-electron chi connectivity index (χ4n) is 9.04. The van der Waals surface area contributed by atoms with Crippen LogP contribution in [0.2, 0.25) is 0 Å². The van der Waals surface area contributed by atoms with E-state index in [0.29, 0.717) is 0 Å². The van der Waals surface area contributed by atoms with Gasteiger partial charge in [0.1, 0.15) is 0 Å². The Morgan fingerprint density at radius 2 is 0.782 bits per heavy atom. The third-order valence-electron chi connectivity index (χ3n) is 11.5. The molecule has 0 saturated heterocycles. The Labute approximate surface area is 326 Å². The molecule has 0 bridgehead atoms. The molecule has 0 saturated carbocycles. The van der Waals surface area contributed by atoms with Crippen LogP contribution in [-0.4, -0.2) is 0 Å². The van der Waals surface area contributed by atoms with E-state index in [9.17, 15) is 0 Å². The van der Waals surface area contributed by atoms with E-state index >= 15 is 0 Å². The first-order valence-corrected chi connectivity index (χ1v) is 19.7. The molecule has 0 fully saturated rings. The zero-order valence-electron chi connectivity index (χ0n) is 30.1. The van der Waals surface area contributed by atoms with Gasteiger partial charge in [-0.25, -0.2) is 0 Å². The van der Waals surface area contributed by atoms with Gasteiger partial charge < -0.3 is 4.90 Å². The van der Waals surface area contributed by atoms with Crippen LogP contribution in [0.25, 0.3) is 44.2 Å². The van der Waals surface area contributed by atoms with E-state index in [1.165, 1.54) is 76.2 Å². The topological polar surface area (TPSA) is 3.24 Å². The number of hydrogen-bond acceptors (Lipinski definition) is 2. The summed E-state index contributed by atoms with van der Waals surface area (Å²) in [4.78, 5) is 5.01. The van der Waals surface area contributed by atoms with Crippen molar-refractivity contribution in [3.05, 3.63) is 235 Å². The third kappa shape index (κ3) is 5.03. The van der Waals surface area contributed by atoms with Crippen LogP contribution < -0.4 is 4.90 Å². The average molecular weight is 718 g/mol. The van der Waals surface area contributed by atoms with Gasteiger partial charge >= 0.3 is 0 Å². The lowest BCUT2D eigenvalue weighted by Gasteiger charge is -2.40. The second kappa shape index (κ2) is 12.8. The average Bonchev–Trinajstić information content (AvgIpc) is 3.55. The third-order valence-corrected chi connectivity index (χ3v) is 12.6. The van der Waals surface area contributed by atoms with E-state index in [1.54, 1.807) is 0 Å². The Balaban J connectivity index is 1.08. The van der Waals surface area contributed by atoms with Gasteiger partial charge in [0, 0.05) is 26.9 Å². The van der Waals surface area contributed by atoms with Crippen molar-refractivity contribution in [2.45, 2.75) is 15.2 Å². The van der Waals surface area contributed by atoms with Crippen LogP contribution in [0, 0.1) is 0 Å². The lowest BCUT2D eigenvalue weighted by molar-refractivity contribution is 0.724. The number of fused-ring (bicyclic) bond motifs is 10. The maximum atomic E-state index is 2.48. The summed E-state index contributed by atoms with van der Waals surface area (Å²) >= 11 is 1.90. The van der Waals surface area contributed by atoms with Gasteiger partial charge in [0.2, 0.25) is 0 Å². The molecule has 0 atom stereocenters. The normalized spacial score (nSPS) is 13.2. The molecule has 1 spiro atoms. The van der Waals surface area contributed by atoms with Crippen LogP contribution in [0.15, 0.2) is 222 Å². The summed E-state index contributed by atoms with van der Waals surface area (Å²) in [5.41, 5.74) is 15.9. The molecule has 0 unspecified atom stereocenters. The molecule has 0 amide bonds. The second-order valence-corrected chi connectivity index (χ2v) is 15.6. The van der Waals surface area contributed by atoms with Gasteiger partial charge in [-0.05, 0) is 121 Å². The van der Waals surface area contributed by atoms with Crippen LogP contribution >= 0.6 is 11.8 Å². The van der Waals surface area contributed by atoms with E-state index < -0.39 is 0 Å². The number of rotatable bonds is 5. The minimum atomic E-state index is -0.385. The first-order chi connectivity index (χ1) is 27.3. The molecule has 1 heterocycles. The molecule has 1 aliphatic carbocycles. The Morgan fingerprint density at radius 1 is 0.309 bits per heavy atom. The van der Waals surface area contributed by atoms with E-state index in [4.69, 9.17) is 0 Å². The summed E-state index contributed by atoms with van der Waals surface area (Å²) in [5, 5.41) is 2.46. The minimum absolute atomic E-state index is 0.385. The zero-order valence-corrected chi connectivity index (χ0v) is 30.9. The standard InChI is InChI=1S/C53H35NS/c1-3-13-36(14-4-1)38-23-28-42(29-24-38)54(43-30-25-39(26-31-43)37-15-5-2-6-16-37)44-32-27-40-34-50-52(35-41(40)33-44)55-51-22-12-11-21-49(51)53(50)47-19-9-7-17-45(47)46-18-8-10-20-48(46)53/h1-35H. The van der Waals surface area contributed by atoms with Gasteiger partial charge in [0.15, 0.2) is 0 Å². The smallest absolute Gasteiger partial charge is 0.0735 e. The van der Waals surface area contributed by atoms with Crippen molar-refractivity contribution in [2.24, 2.45) is 0 Å². The van der Waals surface area contributed by atoms with E-state index in [0.717, 1.165) is 17.1 Å². The molecule has 0 aromatic heterocycles. The van der Waals surface area contributed by atoms with E-state index in [-0.39, 0.29) is 5.41 Å². The molecule has 1 aliphatic heterocycles. The highest BCUT2D eigenvalue weighted by Crippen LogP contribution is 2.62.